The fourth-order valence-electron chi connectivity index (χ4n) is 1.97. The highest BCUT2D eigenvalue weighted by Crippen LogP contribution is 2.24. The zero-order chi connectivity index (χ0) is 11.2. The van der Waals surface area contributed by atoms with Crippen molar-refractivity contribution in [3.63, 3.8) is 0 Å². The van der Waals surface area contributed by atoms with Crippen molar-refractivity contribution in [2.45, 2.75) is 33.6 Å². The van der Waals surface area contributed by atoms with E-state index in [9.17, 15) is 0 Å². The van der Waals surface area contributed by atoms with Crippen LogP contribution in [-0.4, -0.2) is 14.6 Å². The van der Waals surface area contributed by atoms with E-state index in [2.05, 4.69) is 23.9 Å². The molecular formula is C11H16N4. The SMILES string of the molecule is Cc1cc(N)n2nc(C)c(C(C)C)c2n1. The summed E-state index contributed by atoms with van der Waals surface area (Å²) in [5.41, 5.74) is 9.92. The Hall–Kier alpha value is -1.58. The van der Waals surface area contributed by atoms with Crippen LogP contribution in [0, 0.1) is 13.8 Å². The number of rotatable bonds is 1. The lowest BCUT2D eigenvalue weighted by Crippen LogP contribution is -2.01. The third kappa shape index (κ3) is 1.46. The average Bonchev–Trinajstić information content (AvgIpc) is 2.41. The minimum absolute atomic E-state index is 0.413. The van der Waals surface area contributed by atoms with Crippen molar-refractivity contribution in [1.82, 2.24) is 14.6 Å². The molecule has 2 N–H and O–H groups in total. The van der Waals surface area contributed by atoms with Gasteiger partial charge in [0, 0.05) is 17.3 Å². The van der Waals surface area contributed by atoms with Crippen LogP contribution in [0.1, 0.15) is 36.7 Å². The van der Waals surface area contributed by atoms with E-state index >= 15 is 0 Å². The molecule has 0 unspecified atom stereocenters. The van der Waals surface area contributed by atoms with Crippen LogP contribution in [0.25, 0.3) is 5.65 Å². The second-order valence-corrected chi connectivity index (χ2v) is 4.21. The molecule has 0 atom stereocenters. The summed E-state index contributed by atoms with van der Waals surface area (Å²) < 4.78 is 1.72. The summed E-state index contributed by atoms with van der Waals surface area (Å²) in [7, 11) is 0. The summed E-state index contributed by atoms with van der Waals surface area (Å²) in [6.07, 6.45) is 0. The highest BCUT2D eigenvalue weighted by atomic mass is 15.3. The summed E-state index contributed by atoms with van der Waals surface area (Å²) in [5.74, 6) is 1.06. The van der Waals surface area contributed by atoms with Crippen LogP contribution in [-0.2, 0) is 0 Å². The predicted molar refractivity (Wildman–Crippen MR) is 61.0 cm³/mol. The number of aryl methyl sites for hydroxylation is 2. The van der Waals surface area contributed by atoms with Crippen LogP contribution in [0.2, 0.25) is 0 Å². The fourth-order valence-corrected chi connectivity index (χ4v) is 1.97. The van der Waals surface area contributed by atoms with Crippen LogP contribution < -0.4 is 5.73 Å². The highest BCUT2D eigenvalue weighted by Gasteiger charge is 2.15. The second kappa shape index (κ2) is 3.22. The molecule has 0 aliphatic rings. The second-order valence-electron chi connectivity index (χ2n) is 4.21. The minimum Gasteiger partial charge on any atom is -0.384 e. The van der Waals surface area contributed by atoms with Gasteiger partial charge in [-0.1, -0.05) is 13.8 Å². The Labute approximate surface area is 89.1 Å². The molecule has 2 aromatic heterocycles. The topological polar surface area (TPSA) is 56.2 Å². The number of hydrogen-bond donors (Lipinski definition) is 1. The van der Waals surface area contributed by atoms with Crippen molar-refractivity contribution < 1.29 is 0 Å². The zero-order valence-corrected chi connectivity index (χ0v) is 9.57. The number of aromatic nitrogens is 3. The van der Waals surface area contributed by atoms with Gasteiger partial charge in [0.05, 0.1) is 5.69 Å². The lowest BCUT2D eigenvalue weighted by atomic mass is 10.0. The Bertz CT molecular complexity index is 511. The molecule has 0 aliphatic carbocycles. The maximum absolute atomic E-state index is 5.90. The molecule has 2 heterocycles. The largest absolute Gasteiger partial charge is 0.384 e. The van der Waals surface area contributed by atoms with Crippen molar-refractivity contribution >= 4 is 11.5 Å². The molecule has 15 heavy (non-hydrogen) atoms. The third-order valence-corrected chi connectivity index (χ3v) is 2.54. The van der Waals surface area contributed by atoms with Crippen LogP contribution in [0.4, 0.5) is 5.82 Å². The van der Waals surface area contributed by atoms with Gasteiger partial charge in [-0.2, -0.15) is 9.61 Å². The molecule has 0 aromatic carbocycles. The van der Waals surface area contributed by atoms with E-state index in [-0.39, 0.29) is 0 Å². The minimum atomic E-state index is 0.413. The van der Waals surface area contributed by atoms with E-state index in [1.165, 1.54) is 5.56 Å². The normalized spacial score (nSPS) is 11.5. The summed E-state index contributed by atoms with van der Waals surface area (Å²) in [6, 6.07) is 1.84. The molecule has 2 rings (SSSR count). The van der Waals surface area contributed by atoms with Gasteiger partial charge in [0.15, 0.2) is 5.65 Å². The first-order valence-corrected chi connectivity index (χ1v) is 5.13. The Kier molecular flexibility index (Phi) is 2.14. The van der Waals surface area contributed by atoms with Gasteiger partial charge < -0.3 is 5.73 Å². The zero-order valence-electron chi connectivity index (χ0n) is 9.57. The van der Waals surface area contributed by atoms with E-state index in [0.29, 0.717) is 11.7 Å². The van der Waals surface area contributed by atoms with Gasteiger partial charge in [0.25, 0.3) is 0 Å². The van der Waals surface area contributed by atoms with Gasteiger partial charge in [-0.3, -0.25) is 0 Å². The molecule has 0 saturated carbocycles. The standard InChI is InChI=1S/C11H16N4/c1-6(2)10-8(4)14-15-9(12)5-7(3)13-11(10)15/h5-6H,12H2,1-4H3. The van der Waals surface area contributed by atoms with Gasteiger partial charge in [-0.05, 0) is 19.8 Å². The number of hydrogen-bond acceptors (Lipinski definition) is 3. The Morgan fingerprint density at radius 1 is 1.33 bits per heavy atom. The van der Waals surface area contributed by atoms with Gasteiger partial charge in [0.1, 0.15) is 5.82 Å². The smallest absolute Gasteiger partial charge is 0.161 e. The van der Waals surface area contributed by atoms with Crippen molar-refractivity contribution in [3.8, 4) is 0 Å². The molecular weight excluding hydrogens is 188 g/mol. The molecule has 4 heteroatoms. The van der Waals surface area contributed by atoms with Crippen molar-refractivity contribution in [1.29, 1.82) is 0 Å². The molecule has 0 saturated heterocycles. The molecule has 0 bridgehead atoms. The number of fused-ring (bicyclic) bond motifs is 1. The van der Waals surface area contributed by atoms with Crippen molar-refractivity contribution in [2.24, 2.45) is 0 Å². The highest BCUT2D eigenvalue weighted by molar-refractivity contribution is 5.56. The molecule has 0 fully saturated rings. The van der Waals surface area contributed by atoms with Crippen LogP contribution in [0.3, 0.4) is 0 Å². The monoisotopic (exact) mass is 204 g/mol. The molecule has 0 radical (unpaired) electrons. The first-order chi connectivity index (χ1) is 7.00. The average molecular weight is 204 g/mol. The first kappa shape index (κ1) is 9.96. The number of nitrogens with zero attached hydrogens (tertiary/aromatic N) is 3. The molecule has 0 amide bonds. The van der Waals surface area contributed by atoms with E-state index in [1.54, 1.807) is 4.52 Å². The van der Waals surface area contributed by atoms with E-state index in [1.807, 2.05) is 19.9 Å². The summed E-state index contributed by atoms with van der Waals surface area (Å²) >= 11 is 0. The van der Waals surface area contributed by atoms with E-state index in [4.69, 9.17) is 5.73 Å². The number of nitrogen functional groups attached to an aromatic ring is 1. The molecule has 0 aliphatic heterocycles. The van der Waals surface area contributed by atoms with Crippen LogP contribution in [0.5, 0.6) is 0 Å². The number of anilines is 1. The predicted octanol–water partition coefficient (Wildman–Crippen LogP) is 2.05. The molecule has 80 valence electrons. The lowest BCUT2D eigenvalue weighted by molar-refractivity contribution is 0.860. The van der Waals surface area contributed by atoms with Crippen molar-refractivity contribution in [3.05, 3.63) is 23.0 Å². The Morgan fingerprint density at radius 2 is 2.00 bits per heavy atom. The molecule has 4 nitrogen and oxygen atoms in total. The maximum atomic E-state index is 5.90. The first-order valence-electron chi connectivity index (χ1n) is 5.13. The van der Waals surface area contributed by atoms with Gasteiger partial charge >= 0.3 is 0 Å². The Morgan fingerprint density at radius 3 is 2.60 bits per heavy atom. The van der Waals surface area contributed by atoms with Crippen molar-refractivity contribution in [2.75, 3.05) is 5.73 Å². The van der Waals surface area contributed by atoms with Crippen LogP contribution >= 0.6 is 0 Å². The van der Waals surface area contributed by atoms with Gasteiger partial charge in [-0.15, -0.1) is 0 Å². The van der Waals surface area contributed by atoms with Crippen LogP contribution in [0.15, 0.2) is 6.07 Å². The maximum Gasteiger partial charge on any atom is 0.161 e. The lowest BCUT2D eigenvalue weighted by Gasteiger charge is -2.04. The van der Waals surface area contributed by atoms with E-state index in [0.717, 1.165) is 17.0 Å². The third-order valence-electron chi connectivity index (χ3n) is 2.54. The molecule has 0 spiro atoms. The van der Waals surface area contributed by atoms with Gasteiger partial charge in [0.2, 0.25) is 0 Å². The number of nitrogens with two attached hydrogens (primary N) is 1. The molecule has 2 aromatic rings. The summed E-state index contributed by atoms with van der Waals surface area (Å²) in [5, 5.41) is 4.40. The Balaban J connectivity index is 2.86. The van der Waals surface area contributed by atoms with Gasteiger partial charge in [-0.25, -0.2) is 4.98 Å². The summed E-state index contributed by atoms with van der Waals surface area (Å²) in [4.78, 5) is 4.50. The quantitative estimate of drug-likeness (QED) is 0.773. The fraction of sp³-hybridized carbons (Fsp3) is 0.455. The summed E-state index contributed by atoms with van der Waals surface area (Å²) in [6.45, 7) is 8.23. The van der Waals surface area contributed by atoms with E-state index < -0.39 is 0 Å².